The number of anilines is 2. The Morgan fingerprint density at radius 2 is 2.00 bits per heavy atom. The van der Waals surface area contributed by atoms with Gasteiger partial charge in [-0.05, 0) is 55.8 Å². The van der Waals surface area contributed by atoms with Crippen LogP contribution >= 0.6 is 0 Å². The fourth-order valence-corrected chi connectivity index (χ4v) is 3.73. The van der Waals surface area contributed by atoms with E-state index < -0.39 is 5.92 Å². The van der Waals surface area contributed by atoms with E-state index in [0.29, 0.717) is 23.7 Å². The summed E-state index contributed by atoms with van der Waals surface area (Å²) >= 11 is 0. The fraction of sp³-hybridized carbons (Fsp3) is 0.261. The van der Waals surface area contributed by atoms with Gasteiger partial charge in [-0.2, -0.15) is 5.10 Å². The second-order valence-corrected chi connectivity index (χ2v) is 7.50. The molecule has 4 rings (SSSR count). The van der Waals surface area contributed by atoms with E-state index in [4.69, 9.17) is 4.74 Å². The Bertz CT molecular complexity index is 1110. The summed E-state index contributed by atoms with van der Waals surface area (Å²) < 4.78 is 7.21. The highest BCUT2D eigenvalue weighted by Crippen LogP contribution is 2.34. The third kappa shape index (κ3) is 3.78. The van der Waals surface area contributed by atoms with Crippen LogP contribution in [0.5, 0.6) is 5.75 Å². The van der Waals surface area contributed by atoms with E-state index in [1.54, 1.807) is 22.9 Å². The van der Waals surface area contributed by atoms with Gasteiger partial charge in [-0.25, -0.2) is 4.68 Å². The highest BCUT2D eigenvalue weighted by Gasteiger charge is 2.36. The van der Waals surface area contributed by atoms with Crippen molar-refractivity contribution in [1.82, 2.24) is 9.78 Å². The molecule has 1 aliphatic heterocycles. The number of hydrogen-bond acceptors (Lipinski definition) is 4. The van der Waals surface area contributed by atoms with E-state index >= 15 is 0 Å². The smallest absolute Gasteiger partial charge is 0.229 e. The van der Waals surface area contributed by atoms with Gasteiger partial charge in [-0.3, -0.25) is 9.59 Å². The number of carbonyl (C=O) groups is 2. The van der Waals surface area contributed by atoms with Crippen molar-refractivity contribution < 1.29 is 14.3 Å². The Hall–Kier alpha value is -3.61. The van der Waals surface area contributed by atoms with Gasteiger partial charge in [0.2, 0.25) is 11.8 Å². The van der Waals surface area contributed by atoms with Crippen LogP contribution in [0.2, 0.25) is 0 Å². The van der Waals surface area contributed by atoms with Gasteiger partial charge in [0.05, 0.1) is 24.4 Å². The zero-order valence-corrected chi connectivity index (χ0v) is 17.3. The van der Waals surface area contributed by atoms with Crippen molar-refractivity contribution in [3.05, 3.63) is 66.0 Å². The second-order valence-electron chi connectivity index (χ2n) is 7.50. The van der Waals surface area contributed by atoms with Crippen LogP contribution in [-0.4, -0.2) is 35.2 Å². The molecule has 1 aromatic heterocycles. The number of ether oxygens (including phenoxy) is 1. The summed E-state index contributed by atoms with van der Waals surface area (Å²) in [5.74, 6) is -0.0677. The highest BCUT2D eigenvalue weighted by atomic mass is 16.5. The van der Waals surface area contributed by atoms with Crippen LogP contribution in [0.3, 0.4) is 0 Å². The monoisotopic (exact) mass is 404 g/mol. The van der Waals surface area contributed by atoms with Crippen molar-refractivity contribution in [3.8, 4) is 11.4 Å². The summed E-state index contributed by atoms with van der Waals surface area (Å²) in [5, 5.41) is 7.25. The number of rotatable bonds is 5. The van der Waals surface area contributed by atoms with Crippen LogP contribution in [0.15, 0.2) is 54.7 Å². The van der Waals surface area contributed by atoms with Gasteiger partial charge >= 0.3 is 0 Å². The molecular weight excluding hydrogens is 380 g/mol. The first kappa shape index (κ1) is 19.7. The Morgan fingerprint density at radius 3 is 2.73 bits per heavy atom. The lowest BCUT2D eigenvalue weighted by Gasteiger charge is -2.20. The number of carbonyl (C=O) groups excluding carboxylic acids is 2. The second kappa shape index (κ2) is 8.02. The fourth-order valence-electron chi connectivity index (χ4n) is 3.73. The van der Waals surface area contributed by atoms with E-state index in [0.717, 1.165) is 16.9 Å². The number of nitrogens with one attached hydrogen (secondary N) is 1. The van der Waals surface area contributed by atoms with Crippen molar-refractivity contribution in [3.63, 3.8) is 0 Å². The molecule has 0 radical (unpaired) electrons. The molecule has 1 unspecified atom stereocenters. The topological polar surface area (TPSA) is 76.5 Å². The molecule has 30 heavy (non-hydrogen) atoms. The molecular formula is C23H24N4O3. The predicted octanol–water partition coefficient (Wildman–Crippen LogP) is 3.49. The minimum Gasteiger partial charge on any atom is -0.495 e. The van der Waals surface area contributed by atoms with Crippen molar-refractivity contribution >= 4 is 23.2 Å². The summed E-state index contributed by atoms with van der Waals surface area (Å²) in [6.45, 7) is 4.25. The maximum absolute atomic E-state index is 12.9. The number of amides is 2. The lowest BCUT2D eigenvalue weighted by atomic mass is 10.1. The zero-order chi connectivity index (χ0) is 21.3. The van der Waals surface area contributed by atoms with Gasteiger partial charge in [0, 0.05) is 30.5 Å². The van der Waals surface area contributed by atoms with Crippen LogP contribution < -0.4 is 15.0 Å². The Morgan fingerprint density at radius 1 is 1.17 bits per heavy atom. The Labute approximate surface area is 175 Å². The van der Waals surface area contributed by atoms with Gasteiger partial charge in [0.15, 0.2) is 0 Å². The molecule has 0 spiro atoms. The standard InChI is InChI=1S/C23H24N4O3/c1-15-7-8-21(30-3)20(11-15)26-14-17(12-22(26)28)23(29)25-18-5-4-6-19(13-18)27-16(2)9-10-24-27/h4-11,13,17H,12,14H2,1-3H3,(H,25,29). The average Bonchev–Trinajstić information content (AvgIpc) is 3.33. The van der Waals surface area contributed by atoms with E-state index in [9.17, 15) is 9.59 Å². The van der Waals surface area contributed by atoms with E-state index in [2.05, 4.69) is 10.4 Å². The van der Waals surface area contributed by atoms with Crippen LogP contribution in [-0.2, 0) is 9.59 Å². The molecule has 0 bridgehead atoms. The molecule has 1 fully saturated rings. The van der Waals surface area contributed by atoms with E-state index in [-0.39, 0.29) is 18.2 Å². The Kier molecular flexibility index (Phi) is 5.27. The van der Waals surface area contributed by atoms with E-state index in [1.165, 1.54) is 0 Å². The summed E-state index contributed by atoms with van der Waals surface area (Å²) in [5.41, 5.74) is 4.27. The minimum atomic E-state index is -0.433. The summed E-state index contributed by atoms with van der Waals surface area (Å²) in [6.07, 6.45) is 1.90. The van der Waals surface area contributed by atoms with Gasteiger partial charge in [0.1, 0.15) is 5.75 Å². The molecule has 0 aliphatic carbocycles. The molecule has 0 saturated carbocycles. The predicted molar refractivity (Wildman–Crippen MR) is 115 cm³/mol. The average molecular weight is 404 g/mol. The molecule has 1 saturated heterocycles. The number of nitrogens with zero attached hydrogens (tertiary/aromatic N) is 3. The molecule has 2 amide bonds. The van der Waals surface area contributed by atoms with Crippen LogP contribution in [0.4, 0.5) is 11.4 Å². The lowest BCUT2D eigenvalue weighted by Crippen LogP contribution is -2.28. The lowest BCUT2D eigenvalue weighted by molar-refractivity contribution is -0.122. The number of methoxy groups -OCH3 is 1. The van der Waals surface area contributed by atoms with Gasteiger partial charge in [0.25, 0.3) is 0 Å². The maximum Gasteiger partial charge on any atom is 0.229 e. The number of aryl methyl sites for hydroxylation is 2. The summed E-state index contributed by atoms with van der Waals surface area (Å²) in [4.78, 5) is 27.2. The summed E-state index contributed by atoms with van der Waals surface area (Å²) in [6, 6.07) is 15.1. The first-order valence-electron chi connectivity index (χ1n) is 9.83. The van der Waals surface area contributed by atoms with Gasteiger partial charge in [-0.15, -0.1) is 0 Å². The molecule has 1 N–H and O–H groups in total. The van der Waals surface area contributed by atoms with Gasteiger partial charge in [-0.1, -0.05) is 12.1 Å². The van der Waals surface area contributed by atoms with Gasteiger partial charge < -0.3 is 15.0 Å². The highest BCUT2D eigenvalue weighted by molar-refractivity contribution is 6.04. The van der Waals surface area contributed by atoms with Crippen LogP contribution in [0.1, 0.15) is 17.7 Å². The SMILES string of the molecule is COc1ccc(C)cc1N1CC(C(=O)Nc2cccc(-n3nccc3C)c2)CC1=O. The first-order chi connectivity index (χ1) is 14.5. The van der Waals surface area contributed by atoms with Crippen molar-refractivity contribution in [2.24, 2.45) is 5.92 Å². The molecule has 2 heterocycles. The quantitative estimate of drug-likeness (QED) is 0.706. The zero-order valence-electron chi connectivity index (χ0n) is 17.3. The molecule has 7 heteroatoms. The van der Waals surface area contributed by atoms with Crippen molar-refractivity contribution in [1.29, 1.82) is 0 Å². The maximum atomic E-state index is 12.9. The molecule has 2 aromatic carbocycles. The molecule has 1 atom stereocenters. The molecule has 1 aliphatic rings. The van der Waals surface area contributed by atoms with Crippen molar-refractivity contribution in [2.75, 3.05) is 23.9 Å². The molecule has 154 valence electrons. The first-order valence-corrected chi connectivity index (χ1v) is 9.83. The number of aromatic nitrogens is 2. The normalized spacial score (nSPS) is 16.0. The number of hydrogen-bond donors (Lipinski definition) is 1. The van der Waals surface area contributed by atoms with Crippen molar-refractivity contribution in [2.45, 2.75) is 20.3 Å². The summed E-state index contributed by atoms with van der Waals surface area (Å²) in [7, 11) is 1.58. The molecule has 3 aromatic rings. The Balaban J connectivity index is 1.50. The van der Waals surface area contributed by atoms with Crippen LogP contribution in [0, 0.1) is 19.8 Å². The molecule has 7 nitrogen and oxygen atoms in total. The third-order valence-electron chi connectivity index (χ3n) is 5.31. The van der Waals surface area contributed by atoms with E-state index in [1.807, 2.05) is 62.4 Å². The number of benzene rings is 2. The minimum absolute atomic E-state index is 0.0834. The van der Waals surface area contributed by atoms with Crippen LogP contribution in [0.25, 0.3) is 5.69 Å². The third-order valence-corrected chi connectivity index (χ3v) is 5.31. The largest absolute Gasteiger partial charge is 0.495 e.